The van der Waals surface area contributed by atoms with Crippen LogP contribution in [0.4, 0.5) is 0 Å². The lowest BCUT2D eigenvalue weighted by Gasteiger charge is -2.23. The molecular formula is C11H25NO. The first-order valence-corrected chi connectivity index (χ1v) is 5.34. The van der Waals surface area contributed by atoms with Gasteiger partial charge in [-0.25, -0.2) is 0 Å². The highest BCUT2D eigenvalue weighted by Gasteiger charge is 2.12. The molecule has 0 fully saturated rings. The van der Waals surface area contributed by atoms with Crippen LogP contribution in [0.2, 0.25) is 0 Å². The minimum absolute atomic E-state index is 0.499. The lowest BCUT2D eigenvalue weighted by molar-refractivity contribution is 0.145. The second-order valence-electron chi connectivity index (χ2n) is 4.23. The minimum atomic E-state index is 0.499. The third-order valence-corrected chi connectivity index (χ3v) is 2.58. The van der Waals surface area contributed by atoms with Gasteiger partial charge < -0.3 is 10.1 Å². The Balaban J connectivity index is 3.68. The number of ether oxygens (including phenoxy) is 1. The Hall–Kier alpha value is -0.0800. The van der Waals surface area contributed by atoms with Crippen molar-refractivity contribution < 1.29 is 4.74 Å². The summed E-state index contributed by atoms with van der Waals surface area (Å²) in [5.74, 6) is 1.40. The molecular weight excluding hydrogens is 162 g/mol. The Bertz CT molecular complexity index is 115. The van der Waals surface area contributed by atoms with Crippen LogP contribution in [0.25, 0.3) is 0 Å². The predicted molar refractivity (Wildman–Crippen MR) is 58.0 cm³/mol. The van der Waals surface area contributed by atoms with E-state index >= 15 is 0 Å². The highest BCUT2D eigenvalue weighted by atomic mass is 16.5. The summed E-state index contributed by atoms with van der Waals surface area (Å²) < 4.78 is 5.17. The van der Waals surface area contributed by atoms with Gasteiger partial charge in [-0.15, -0.1) is 0 Å². The molecule has 0 spiro atoms. The molecule has 13 heavy (non-hydrogen) atoms. The van der Waals surface area contributed by atoms with Crippen LogP contribution in [0.15, 0.2) is 0 Å². The first kappa shape index (κ1) is 12.9. The van der Waals surface area contributed by atoms with E-state index in [0.717, 1.165) is 19.1 Å². The Morgan fingerprint density at radius 3 is 2.23 bits per heavy atom. The number of rotatable bonds is 7. The lowest BCUT2D eigenvalue weighted by Crippen LogP contribution is -2.39. The molecule has 0 aliphatic carbocycles. The summed E-state index contributed by atoms with van der Waals surface area (Å²) in [4.78, 5) is 0. The summed E-state index contributed by atoms with van der Waals surface area (Å²) in [6.45, 7) is 10.9. The van der Waals surface area contributed by atoms with Crippen molar-refractivity contribution in [2.45, 2.75) is 40.2 Å². The highest BCUT2D eigenvalue weighted by Crippen LogP contribution is 2.04. The van der Waals surface area contributed by atoms with Crippen molar-refractivity contribution in [3.8, 4) is 0 Å². The smallest absolute Gasteiger partial charge is 0.0618 e. The monoisotopic (exact) mass is 187 g/mol. The van der Waals surface area contributed by atoms with Gasteiger partial charge in [0.15, 0.2) is 0 Å². The molecule has 0 radical (unpaired) electrons. The van der Waals surface area contributed by atoms with Crippen LogP contribution >= 0.6 is 0 Å². The molecule has 1 N–H and O–H groups in total. The van der Waals surface area contributed by atoms with Gasteiger partial charge in [-0.05, 0) is 18.4 Å². The van der Waals surface area contributed by atoms with Crippen LogP contribution in [0.1, 0.15) is 34.1 Å². The van der Waals surface area contributed by atoms with Crippen molar-refractivity contribution in [1.82, 2.24) is 5.32 Å². The molecule has 0 saturated carbocycles. The third-order valence-electron chi connectivity index (χ3n) is 2.58. The van der Waals surface area contributed by atoms with Crippen molar-refractivity contribution in [2.75, 3.05) is 20.3 Å². The van der Waals surface area contributed by atoms with Crippen LogP contribution < -0.4 is 5.32 Å². The van der Waals surface area contributed by atoms with Gasteiger partial charge in [0.25, 0.3) is 0 Å². The molecule has 0 aromatic heterocycles. The zero-order valence-corrected chi connectivity index (χ0v) is 9.76. The Morgan fingerprint density at radius 2 is 1.85 bits per heavy atom. The van der Waals surface area contributed by atoms with Crippen LogP contribution in [-0.2, 0) is 4.74 Å². The molecule has 2 nitrogen and oxygen atoms in total. The number of nitrogens with one attached hydrogen (secondary N) is 1. The van der Waals surface area contributed by atoms with Gasteiger partial charge in [0.1, 0.15) is 0 Å². The second-order valence-corrected chi connectivity index (χ2v) is 4.23. The van der Waals surface area contributed by atoms with Crippen molar-refractivity contribution in [3.05, 3.63) is 0 Å². The van der Waals surface area contributed by atoms with E-state index in [4.69, 9.17) is 4.74 Å². The van der Waals surface area contributed by atoms with Crippen molar-refractivity contribution >= 4 is 0 Å². The summed E-state index contributed by atoms with van der Waals surface area (Å²) in [6.07, 6.45) is 1.24. The van der Waals surface area contributed by atoms with Gasteiger partial charge in [-0.3, -0.25) is 0 Å². The van der Waals surface area contributed by atoms with Crippen LogP contribution in [0, 0.1) is 11.8 Å². The Morgan fingerprint density at radius 1 is 1.23 bits per heavy atom. The average molecular weight is 187 g/mol. The highest BCUT2D eigenvalue weighted by molar-refractivity contribution is 4.70. The van der Waals surface area contributed by atoms with E-state index in [1.807, 2.05) is 0 Å². The molecule has 0 aromatic carbocycles. The van der Waals surface area contributed by atoms with Crippen LogP contribution in [0.5, 0.6) is 0 Å². The molecule has 2 atom stereocenters. The lowest BCUT2D eigenvalue weighted by atomic mass is 10.0. The first-order chi connectivity index (χ1) is 6.11. The van der Waals surface area contributed by atoms with Crippen molar-refractivity contribution in [3.63, 3.8) is 0 Å². The van der Waals surface area contributed by atoms with E-state index in [2.05, 4.69) is 33.0 Å². The number of hydrogen-bond acceptors (Lipinski definition) is 2. The number of hydrogen-bond donors (Lipinski definition) is 1. The third kappa shape index (κ3) is 6.05. The molecule has 0 bridgehead atoms. The fourth-order valence-electron chi connectivity index (χ4n) is 1.16. The summed E-state index contributed by atoms with van der Waals surface area (Å²) >= 11 is 0. The van der Waals surface area contributed by atoms with E-state index in [9.17, 15) is 0 Å². The SMILES string of the molecule is CCC(C)CNC(COC)C(C)C. The van der Waals surface area contributed by atoms with Gasteiger partial charge in [0, 0.05) is 13.2 Å². The molecule has 2 heteroatoms. The summed E-state index contributed by atoms with van der Waals surface area (Å²) in [5.41, 5.74) is 0. The molecule has 2 unspecified atom stereocenters. The van der Waals surface area contributed by atoms with Crippen LogP contribution in [-0.4, -0.2) is 26.3 Å². The molecule has 0 aliphatic rings. The summed E-state index contributed by atoms with van der Waals surface area (Å²) in [5, 5.41) is 3.55. The normalized spacial score (nSPS) is 16.2. The molecule has 0 rings (SSSR count). The van der Waals surface area contributed by atoms with Gasteiger partial charge in [0.05, 0.1) is 6.61 Å². The zero-order chi connectivity index (χ0) is 10.3. The molecule has 80 valence electrons. The topological polar surface area (TPSA) is 21.3 Å². The maximum atomic E-state index is 5.17. The number of methoxy groups -OCH3 is 1. The maximum absolute atomic E-state index is 5.17. The standard InChI is InChI=1S/C11H25NO/c1-6-10(4)7-12-11(8-13-5)9(2)3/h9-12H,6-8H2,1-5H3. The molecule has 0 aromatic rings. The minimum Gasteiger partial charge on any atom is -0.383 e. The van der Waals surface area contributed by atoms with E-state index in [-0.39, 0.29) is 0 Å². The van der Waals surface area contributed by atoms with E-state index in [1.165, 1.54) is 6.42 Å². The van der Waals surface area contributed by atoms with Gasteiger partial charge in [-0.2, -0.15) is 0 Å². The summed E-state index contributed by atoms with van der Waals surface area (Å²) in [7, 11) is 1.76. The van der Waals surface area contributed by atoms with Gasteiger partial charge >= 0.3 is 0 Å². The summed E-state index contributed by atoms with van der Waals surface area (Å²) in [6, 6.07) is 0.499. The Labute approximate surface area is 83.1 Å². The largest absolute Gasteiger partial charge is 0.383 e. The van der Waals surface area contributed by atoms with E-state index in [1.54, 1.807) is 7.11 Å². The maximum Gasteiger partial charge on any atom is 0.0618 e. The molecule has 0 saturated heterocycles. The van der Waals surface area contributed by atoms with E-state index < -0.39 is 0 Å². The zero-order valence-electron chi connectivity index (χ0n) is 9.76. The van der Waals surface area contributed by atoms with Crippen molar-refractivity contribution in [2.24, 2.45) is 11.8 Å². The second kappa shape index (κ2) is 7.34. The van der Waals surface area contributed by atoms with Crippen LogP contribution in [0.3, 0.4) is 0 Å². The molecule has 0 amide bonds. The van der Waals surface area contributed by atoms with Crippen molar-refractivity contribution in [1.29, 1.82) is 0 Å². The molecule has 0 heterocycles. The fraction of sp³-hybridized carbons (Fsp3) is 1.00. The molecule has 0 aliphatic heterocycles. The predicted octanol–water partition coefficient (Wildman–Crippen LogP) is 2.29. The van der Waals surface area contributed by atoms with Gasteiger partial charge in [-0.1, -0.05) is 34.1 Å². The quantitative estimate of drug-likeness (QED) is 0.660. The fourth-order valence-corrected chi connectivity index (χ4v) is 1.16. The van der Waals surface area contributed by atoms with E-state index in [0.29, 0.717) is 12.0 Å². The Kier molecular flexibility index (Phi) is 7.29. The average Bonchev–Trinajstić information content (AvgIpc) is 2.11. The van der Waals surface area contributed by atoms with Gasteiger partial charge in [0.2, 0.25) is 0 Å². The first-order valence-electron chi connectivity index (χ1n) is 5.34.